The van der Waals surface area contributed by atoms with E-state index >= 15 is 0 Å². The molecule has 1 amide bonds. The molecule has 1 aliphatic heterocycles. The molecule has 1 aliphatic rings. The van der Waals surface area contributed by atoms with Gasteiger partial charge >= 0.3 is 0 Å². The van der Waals surface area contributed by atoms with E-state index < -0.39 is 0 Å². The van der Waals surface area contributed by atoms with Crippen LogP contribution < -0.4 is 5.32 Å². The van der Waals surface area contributed by atoms with Crippen LogP contribution in [0.15, 0.2) is 30.6 Å². The monoisotopic (exact) mass is 375 g/mol. The molecule has 140 valence electrons. The third-order valence-electron chi connectivity index (χ3n) is 4.87. The normalized spacial score (nSPS) is 16.0. The van der Waals surface area contributed by atoms with Gasteiger partial charge in [-0.15, -0.1) is 0 Å². The number of hydrogen-bond donors (Lipinski definition) is 1. The minimum Gasteiger partial charge on any atom is -0.334 e. The molecule has 6 nitrogen and oxygen atoms in total. The van der Waals surface area contributed by atoms with Crippen LogP contribution in [0.25, 0.3) is 0 Å². The van der Waals surface area contributed by atoms with Crippen LogP contribution in [0.5, 0.6) is 0 Å². The number of piperazine rings is 1. The molecule has 1 N–H and O–H groups in total. The average Bonchev–Trinajstić information content (AvgIpc) is 3.02. The standard InChI is InChI=1S/C19H26ClN5O/c1-15-3-4-17(13-18(15)20)22-19(26)14-24-9-7-23(8-10-24)11-12-25-6-5-21-16(25)2/h3-6,13H,7-12,14H2,1-2H3,(H,22,26). The van der Waals surface area contributed by atoms with Gasteiger partial charge in [-0.2, -0.15) is 0 Å². The van der Waals surface area contributed by atoms with E-state index in [2.05, 4.69) is 24.7 Å². The molecule has 0 radical (unpaired) electrons. The van der Waals surface area contributed by atoms with Crippen molar-refractivity contribution in [3.63, 3.8) is 0 Å². The first-order chi connectivity index (χ1) is 12.5. The molecule has 0 unspecified atom stereocenters. The van der Waals surface area contributed by atoms with Crippen molar-refractivity contribution in [1.82, 2.24) is 19.4 Å². The predicted octanol–water partition coefficient (Wildman–Crippen LogP) is 2.41. The maximum absolute atomic E-state index is 12.3. The van der Waals surface area contributed by atoms with Crippen LogP contribution in [-0.4, -0.2) is 64.5 Å². The topological polar surface area (TPSA) is 53.4 Å². The van der Waals surface area contributed by atoms with Crippen LogP contribution in [0.2, 0.25) is 5.02 Å². The van der Waals surface area contributed by atoms with Crippen LogP contribution in [0.3, 0.4) is 0 Å². The van der Waals surface area contributed by atoms with Gasteiger partial charge in [-0.25, -0.2) is 4.98 Å². The fourth-order valence-electron chi connectivity index (χ4n) is 3.13. The van der Waals surface area contributed by atoms with E-state index in [0.29, 0.717) is 11.6 Å². The Bertz CT molecular complexity index is 752. The lowest BCUT2D eigenvalue weighted by Crippen LogP contribution is -2.49. The number of hydrogen-bond acceptors (Lipinski definition) is 4. The molecule has 0 aliphatic carbocycles. The van der Waals surface area contributed by atoms with E-state index in [1.54, 1.807) is 6.07 Å². The number of imidazole rings is 1. The van der Waals surface area contributed by atoms with Crippen molar-refractivity contribution < 1.29 is 4.79 Å². The molecular formula is C19H26ClN5O. The number of amides is 1. The lowest BCUT2D eigenvalue weighted by molar-refractivity contribution is -0.117. The molecule has 1 aromatic heterocycles. The van der Waals surface area contributed by atoms with Crippen molar-refractivity contribution in [2.24, 2.45) is 0 Å². The number of halogens is 1. The number of carbonyl (C=O) groups excluding carboxylic acids is 1. The number of rotatable bonds is 6. The summed E-state index contributed by atoms with van der Waals surface area (Å²) in [7, 11) is 0. The summed E-state index contributed by atoms with van der Waals surface area (Å²) in [6.07, 6.45) is 3.86. The van der Waals surface area contributed by atoms with Crippen LogP contribution in [-0.2, 0) is 11.3 Å². The summed E-state index contributed by atoms with van der Waals surface area (Å²) >= 11 is 6.11. The first kappa shape index (κ1) is 18.9. The Morgan fingerprint density at radius 1 is 1.15 bits per heavy atom. The van der Waals surface area contributed by atoms with Crippen molar-refractivity contribution in [2.75, 3.05) is 44.6 Å². The van der Waals surface area contributed by atoms with Gasteiger partial charge in [-0.3, -0.25) is 14.6 Å². The smallest absolute Gasteiger partial charge is 0.238 e. The fourth-order valence-corrected chi connectivity index (χ4v) is 3.31. The molecule has 1 fully saturated rings. The van der Waals surface area contributed by atoms with Gasteiger partial charge in [0.15, 0.2) is 0 Å². The maximum Gasteiger partial charge on any atom is 0.238 e. The number of carbonyl (C=O) groups is 1. The molecule has 26 heavy (non-hydrogen) atoms. The molecule has 0 atom stereocenters. The lowest BCUT2D eigenvalue weighted by Gasteiger charge is -2.34. The average molecular weight is 376 g/mol. The van der Waals surface area contributed by atoms with E-state index in [-0.39, 0.29) is 5.91 Å². The number of nitrogens with zero attached hydrogens (tertiary/aromatic N) is 4. The van der Waals surface area contributed by atoms with Crippen LogP contribution in [0.4, 0.5) is 5.69 Å². The molecule has 7 heteroatoms. The predicted molar refractivity (Wildman–Crippen MR) is 105 cm³/mol. The highest BCUT2D eigenvalue weighted by molar-refractivity contribution is 6.31. The second-order valence-electron chi connectivity index (χ2n) is 6.80. The van der Waals surface area contributed by atoms with Crippen molar-refractivity contribution in [1.29, 1.82) is 0 Å². The van der Waals surface area contributed by atoms with E-state index in [4.69, 9.17) is 11.6 Å². The largest absolute Gasteiger partial charge is 0.334 e. The van der Waals surface area contributed by atoms with Gasteiger partial charge in [0.1, 0.15) is 5.82 Å². The lowest BCUT2D eigenvalue weighted by atomic mass is 10.2. The molecule has 1 saturated heterocycles. The number of benzene rings is 1. The molecule has 0 bridgehead atoms. The van der Waals surface area contributed by atoms with Gasteiger partial charge in [0.2, 0.25) is 5.91 Å². The van der Waals surface area contributed by atoms with Crippen molar-refractivity contribution in [2.45, 2.75) is 20.4 Å². The molecule has 0 saturated carbocycles. The highest BCUT2D eigenvalue weighted by Crippen LogP contribution is 2.19. The van der Waals surface area contributed by atoms with E-state index in [0.717, 1.165) is 56.3 Å². The number of anilines is 1. The summed E-state index contributed by atoms with van der Waals surface area (Å²) in [6.45, 7) is 10.1. The van der Waals surface area contributed by atoms with Crippen LogP contribution in [0, 0.1) is 13.8 Å². The van der Waals surface area contributed by atoms with E-state index in [1.165, 1.54) is 0 Å². The first-order valence-corrected chi connectivity index (χ1v) is 9.37. The number of nitrogens with one attached hydrogen (secondary N) is 1. The third-order valence-corrected chi connectivity index (χ3v) is 5.28. The van der Waals surface area contributed by atoms with E-state index in [1.807, 2.05) is 38.4 Å². The van der Waals surface area contributed by atoms with Gasteiger partial charge < -0.3 is 9.88 Å². The molecule has 2 aromatic rings. The zero-order valence-electron chi connectivity index (χ0n) is 15.4. The van der Waals surface area contributed by atoms with Crippen molar-refractivity contribution in [3.8, 4) is 0 Å². The maximum atomic E-state index is 12.3. The Morgan fingerprint density at radius 2 is 1.88 bits per heavy atom. The minimum absolute atomic E-state index is 0.00686. The minimum atomic E-state index is 0.00686. The zero-order valence-corrected chi connectivity index (χ0v) is 16.2. The van der Waals surface area contributed by atoms with Crippen molar-refractivity contribution >= 4 is 23.2 Å². The summed E-state index contributed by atoms with van der Waals surface area (Å²) in [5, 5.41) is 3.60. The van der Waals surface area contributed by atoms with Gasteiger partial charge in [0.25, 0.3) is 0 Å². The van der Waals surface area contributed by atoms with Gasteiger partial charge in [0, 0.05) is 62.4 Å². The van der Waals surface area contributed by atoms with E-state index in [9.17, 15) is 4.79 Å². The molecule has 0 spiro atoms. The number of aryl methyl sites for hydroxylation is 2. The van der Waals surface area contributed by atoms with Crippen LogP contribution in [0.1, 0.15) is 11.4 Å². The Hall–Kier alpha value is -1.89. The van der Waals surface area contributed by atoms with Gasteiger partial charge in [0.05, 0.1) is 6.54 Å². The molecule has 2 heterocycles. The molecule has 3 rings (SSSR count). The summed E-state index contributed by atoms with van der Waals surface area (Å²) in [5.74, 6) is 1.06. The summed E-state index contributed by atoms with van der Waals surface area (Å²) in [6, 6.07) is 5.60. The zero-order chi connectivity index (χ0) is 18.5. The third kappa shape index (κ3) is 5.06. The second-order valence-corrected chi connectivity index (χ2v) is 7.20. The summed E-state index contributed by atoms with van der Waals surface area (Å²) in [5.41, 5.74) is 1.76. The Labute approximate surface area is 159 Å². The quantitative estimate of drug-likeness (QED) is 0.842. The molecule has 1 aromatic carbocycles. The van der Waals surface area contributed by atoms with Crippen LogP contribution >= 0.6 is 11.6 Å². The Morgan fingerprint density at radius 3 is 2.54 bits per heavy atom. The SMILES string of the molecule is Cc1ccc(NC(=O)CN2CCN(CCn3ccnc3C)CC2)cc1Cl. The summed E-state index contributed by atoms with van der Waals surface area (Å²) < 4.78 is 2.17. The fraction of sp³-hybridized carbons (Fsp3) is 0.474. The van der Waals surface area contributed by atoms with Gasteiger partial charge in [-0.05, 0) is 31.5 Å². The number of aromatic nitrogens is 2. The van der Waals surface area contributed by atoms with Gasteiger partial charge in [-0.1, -0.05) is 17.7 Å². The van der Waals surface area contributed by atoms with Crippen molar-refractivity contribution in [3.05, 3.63) is 47.0 Å². The Kier molecular flexibility index (Phi) is 6.29. The highest BCUT2D eigenvalue weighted by atomic mass is 35.5. The second kappa shape index (κ2) is 8.66. The molecular weight excluding hydrogens is 350 g/mol. The summed E-state index contributed by atoms with van der Waals surface area (Å²) in [4.78, 5) is 21.1. The first-order valence-electron chi connectivity index (χ1n) is 9.00. The highest BCUT2D eigenvalue weighted by Gasteiger charge is 2.19. The Balaban J connectivity index is 1.39.